The number of rotatable bonds is 2. The van der Waals surface area contributed by atoms with Crippen molar-refractivity contribution in [3.05, 3.63) is 47.5 Å². The lowest BCUT2D eigenvalue weighted by atomic mass is 10.3. The van der Waals surface area contributed by atoms with Gasteiger partial charge in [0.2, 0.25) is 0 Å². The first-order valence-electron chi connectivity index (χ1n) is 5.23. The van der Waals surface area contributed by atoms with Crippen molar-refractivity contribution < 1.29 is 4.79 Å². The highest BCUT2D eigenvalue weighted by molar-refractivity contribution is 6.29. The molecule has 0 aliphatic rings. The summed E-state index contributed by atoms with van der Waals surface area (Å²) in [6, 6.07) is 7.70. The van der Waals surface area contributed by atoms with Crippen molar-refractivity contribution in [3.8, 4) is 6.07 Å². The van der Waals surface area contributed by atoms with Crippen LogP contribution >= 0.6 is 11.6 Å². The van der Waals surface area contributed by atoms with Crippen LogP contribution in [0.3, 0.4) is 0 Å². The topological polar surface area (TPSA) is 90.7 Å². The van der Waals surface area contributed by atoms with E-state index >= 15 is 0 Å². The fourth-order valence-electron chi connectivity index (χ4n) is 1.31. The van der Waals surface area contributed by atoms with Crippen LogP contribution in [0.5, 0.6) is 0 Å². The number of hydrogen-bond donors (Lipinski definition) is 2. The average Bonchev–Trinajstić information content (AvgIpc) is 2.39. The van der Waals surface area contributed by atoms with E-state index < -0.39 is 6.03 Å². The Morgan fingerprint density at radius 1 is 1.21 bits per heavy atom. The zero-order valence-corrected chi connectivity index (χ0v) is 10.3. The van der Waals surface area contributed by atoms with Gasteiger partial charge in [-0.3, -0.25) is 0 Å². The molecule has 0 aliphatic heterocycles. The lowest BCUT2D eigenvalue weighted by Crippen LogP contribution is -2.19. The molecule has 0 bridgehead atoms. The van der Waals surface area contributed by atoms with Gasteiger partial charge in [0.15, 0.2) is 0 Å². The number of pyridine rings is 2. The minimum absolute atomic E-state index is 0.284. The van der Waals surface area contributed by atoms with Gasteiger partial charge in [0, 0.05) is 11.9 Å². The van der Waals surface area contributed by atoms with E-state index in [1.165, 1.54) is 24.5 Å². The molecule has 0 saturated heterocycles. The normalized spacial score (nSPS) is 9.47. The lowest BCUT2D eigenvalue weighted by Gasteiger charge is -2.07. The molecule has 2 heterocycles. The largest absolute Gasteiger partial charge is 0.323 e. The molecule has 2 N–H and O–H groups in total. The number of hydrogen-bond acceptors (Lipinski definition) is 4. The van der Waals surface area contributed by atoms with Gasteiger partial charge in [-0.05, 0) is 24.3 Å². The van der Waals surface area contributed by atoms with Gasteiger partial charge in [-0.2, -0.15) is 5.26 Å². The number of amides is 2. The van der Waals surface area contributed by atoms with E-state index in [4.69, 9.17) is 16.9 Å². The Balaban J connectivity index is 1.99. The van der Waals surface area contributed by atoms with E-state index in [9.17, 15) is 4.79 Å². The fraction of sp³-hybridized carbons (Fsp3) is 0. The van der Waals surface area contributed by atoms with Gasteiger partial charge in [-0.15, -0.1) is 0 Å². The number of nitrogens with one attached hydrogen (secondary N) is 2. The number of carbonyl (C=O) groups excluding carboxylic acids is 1. The number of nitriles is 1. The van der Waals surface area contributed by atoms with Crippen LogP contribution < -0.4 is 10.6 Å². The molecule has 0 fully saturated rings. The molecule has 0 radical (unpaired) electrons. The summed E-state index contributed by atoms with van der Waals surface area (Å²) in [7, 11) is 0. The van der Waals surface area contributed by atoms with E-state index in [0.29, 0.717) is 11.4 Å². The molecule has 0 atom stereocenters. The van der Waals surface area contributed by atoms with Crippen molar-refractivity contribution in [2.45, 2.75) is 0 Å². The predicted octanol–water partition coefficient (Wildman–Crippen LogP) is 2.65. The van der Waals surface area contributed by atoms with Gasteiger partial charge < -0.3 is 10.6 Å². The number of urea groups is 1. The van der Waals surface area contributed by atoms with E-state index in [2.05, 4.69) is 20.6 Å². The van der Waals surface area contributed by atoms with E-state index in [1.54, 1.807) is 12.1 Å². The van der Waals surface area contributed by atoms with Crippen molar-refractivity contribution in [2.75, 3.05) is 10.6 Å². The maximum Gasteiger partial charge on any atom is 0.323 e. The zero-order chi connectivity index (χ0) is 13.7. The van der Waals surface area contributed by atoms with Gasteiger partial charge >= 0.3 is 6.03 Å². The molecule has 0 aliphatic carbocycles. The summed E-state index contributed by atoms with van der Waals surface area (Å²) in [4.78, 5) is 19.3. The van der Waals surface area contributed by atoms with Gasteiger partial charge in [0.05, 0.1) is 11.9 Å². The number of aromatic nitrogens is 2. The van der Waals surface area contributed by atoms with Crippen molar-refractivity contribution in [3.63, 3.8) is 0 Å². The SMILES string of the molecule is N#Cc1ccc(NC(=O)Nc2ccnc(Cl)c2)cn1. The number of nitrogens with zero attached hydrogens (tertiary/aromatic N) is 3. The Labute approximate surface area is 114 Å². The molecular formula is C12H8ClN5O. The Morgan fingerprint density at radius 3 is 2.63 bits per heavy atom. The van der Waals surface area contributed by atoms with Crippen LogP contribution in [-0.2, 0) is 0 Å². The molecule has 94 valence electrons. The highest BCUT2D eigenvalue weighted by Crippen LogP contribution is 2.12. The first-order chi connectivity index (χ1) is 9.17. The molecule has 2 rings (SSSR count). The number of halogens is 1. The Bertz CT molecular complexity index is 635. The smallest absolute Gasteiger partial charge is 0.308 e. The second kappa shape index (κ2) is 5.80. The average molecular weight is 274 g/mol. The summed E-state index contributed by atoms with van der Waals surface area (Å²) in [6.45, 7) is 0. The van der Waals surface area contributed by atoms with Crippen LogP contribution in [0, 0.1) is 11.3 Å². The van der Waals surface area contributed by atoms with Gasteiger partial charge in [0.1, 0.15) is 16.9 Å². The minimum atomic E-state index is -0.436. The minimum Gasteiger partial charge on any atom is -0.308 e. The van der Waals surface area contributed by atoms with Gasteiger partial charge in [0.25, 0.3) is 0 Å². The quantitative estimate of drug-likeness (QED) is 0.823. The monoisotopic (exact) mass is 273 g/mol. The molecule has 19 heavy (non-hydrogen) atoms. The molecule has 2 amide bonds. The maximum absolute atomic E-state index is 11.7. The standard InChI is InChI=1S/C12H8ClN5O/c13-11-5-8(3-4-15-11)17-12(19)18-10-2-1-9(6-14)16-7-10/h1-5,7H,(H2,15,17,18,19). The Morgan fingerprint density at radius 2 is 2.00 bits per heavy atom. The third kappa shape index (κ3) is 3.66. The van der Waals surface area contributed by atoms with Crippen LogP contribution in [0.15, 0.2) is 36.7 Å². The van der Waals surface area contributed by atoms with Gasteiger partial charge in [-0.25, -0.2) is 14.8 Å². The highest BCUT2D eigenvalue weighted by atomic mass is 35.5. The summed E-state index contributed by atoms with van der Waals surface area (Å²) in [6.07, 6.45) is 2.89. The van der Waals surface area contributed by atoms with E-state index in [0.717, 1.165) is 0 Å². The van der Waals surface area contributed by atoms with Crippen LogP contribution in [0.2, 0.25) is 5.15 Å². The molecule has 0 spiro atoms. The molecule has 0 unspecified atom stereocenters. The van der Waals surface area contributed by atoms with Gasteiger partial charge in [-0.1, -0.05) is 11.6 Å². The molecule has 2 aromatic heterocycles. The molecule has 2 aromatic rings. The van der Waals surface area contributed by atoms with Crippen molar-refractivity contribution in [1.29, 1.82) is 5.26 Å². The van der Waals surface area contributed by atoms with Crippen LogP contribution in [0.25, 0.3) is 0 Å². The number of carbonyl (C=O) groups is 1. The molecule has 6 nitrogen and oxygen atoms in total. The van der Waals surface area contributed by atoms with E-state index in [1.807, 2.05) is 6.07 Å². The number of anilines is 2. The maximum atomic E-state index is 11.7. The van der Waals surface area contributed by atoms with Crippen molar-refractivity contribution in [2.24, 2.45) is 0 Å². The second-order valence-corrected chi connectivity index (χ2v) is 3.88. The summed E-state index contributed by atoms with van der Waals surface area (Å²) in [5, 5.41) is 14.1. The molecular weight excluding hydrogens is 266 g/mol. The zero-order valence-electron chi connectivity index (χ0n) is 9.59. The Hall–Kier alpha value is -2.65. The van der Waals surface area contributed by atoms with Crippen molar-refractivity contribution >= 4 is 29.0 Å². The highest BCUT2D eigenvalue weighted by Gasteiger charge is 2.03. The predicted molar refractivity (Wildman–Crippen MR) is 70.8 cm³/mol. The first kappa shape index (κ1) is 12.8. The van der Waals surface area contributed by atoms with E-state index in [-0.39, 0.29) is 10.8 Å². The van der Waals surface area contributed by atoms with Crippen molar-refractivity contribution in [1.82, 2.24) is 9.97 Å². The third-order valence-electron chi connectivity index (χ3n) is 2.12. The Kier molecular flexibility index (Phi) is 3.90. The van der Waals surface area contributed by atoms with Crippen LogP contribution in [0.1, 0.15) is 5.69 Å². The van der Waals surface area contributed by atoms with Crippen LogP contribution in [-0.4, -0.2) is 16.0 Å². The molecule has 0 saturated carbocycles. The fourth-order valence-corrected chi connectivity index (χ4v) is 1.48. The molecule has 0 aromatic carbocycles. The molecule has 7 heteroatoms. The summed E-state index contributed by atoms with van der Waals surface area (Å²) in [5.41, 5.74) is 1.29. The van der Waals surface area contributed by atoms with Crippen LogP contribution in [0.4, 0.5) is 16.2 Å². The third-order valence-corrected chi connectivity index (χ3v) is 2.33. The summed E-state index contributed by atoms with van der Waals surface area (Å²) < 4.78 is 0. The summed E-state index contributed by atoms with van der Waals surface area (Å²) in [5.74, 6) is 0. The lowest BCUT2D eigenvalue weighted by molar-refractivity contribution is 0.262. The summed E-state index contributed by atoms with van der Waals surface area (Å²) >= 11 is 5.70. The first-order valence-corrected chi connectivity index (χ1v) is 5.61. The second-order valence-electron chi connectivity index (χ2n) is 3.49.